The van der Waals surface area contributed by atoms with Crippen molar-refractivity contribution in [1.82, 2.24) is 25.1 Å². The second-order valence-corrected chi connectivity index (χ2v) is 11.1. The molecule has 8 heteroatoms. The van der Waals surface area contributed by atoms with Crippen molar-refractivity contribution >= 4 is 30.7 Å². The van der Waals surface area contributed by atoms with Crippen LogP contribution in [0, 0.1) is 5.92 Å². The van der Waals surface area contributed by atoms with E-state index in [1.807, 2.05) is 18.5 Å². The molecule has 0 bridgehead atoms. The van der Waals surface area contributed by atoms with Crippen LogP contribution in [0.2, 0.25) is 0 Å². The minimum absolute atomic E-state index is 0. The van der Waals surface area contributed by atoms with Crippen molar-refractivity contribution in [2.45, 2.75) is 63.1 Å². The van der Waals surface area contributed by atoms with E-state index in [0.29, 0.717) is 24.3 Å². The number of amides is 1. The Morgan fingerprint density at radius 3 is 2.41 bits per heavy atom. The van der Waals surface area contributed by atoms with Gasteiger partial charge in [-0.3, -0.25) is 4.79 Å². The molecule has 2 aliphatic carbocycles. The van der Waals surface area contributed by atoms with Crippen LogP contribution in [0.15, 0.2) is 67.0 Å². The minimum atomic E-state index is 0. The number of nitrogens with zero attached hydrogens (tertiary/aromatic N) is 3. The number of hydrogen-bond acceptors (Lipinski definition) is 4. The van der Waals surface area contributed by atoms with Crippen LogP contribution in [0.25, 0.3) is 11.3 Å². The second kappa shape index (κ2) is 13.8. The van der Waals surface area contributed by atoms with Gasteiger partial charge < -0.3 is 20.1 Å². The first-order chi connectivity index (χ1) is 18.3. The average Bonchev–Trinajstić information content (AvgIpc) is 3.69. The highest BCUT2D eigenvalue weighted by molar-refractivity contribution is 5.98. The number of benzene rings is 2. The Hall–Kier alpha value is -2.38. The van der Waals surface area contributed by atoms with Gasteiger partial charge in [0.05, 0.1) is 18.1 Å². The number of carbonyl (C=O) groups excluding carboxylic acids is 1. The molecule has 1 amide bonds. The number of hydrogen-bond donors (Lipinski definition) is 2. The maximum atomic E-state index is 14.2. The zero-order chi connectivity index (χ0) is 25.0. The third-order valence-electron chi connectivity index (χ3n) is 8.42. The fraction of sp³-hybridized carbons (Fsp3) is 0.484. The van der Waals surface area contributed by atoms with Gasteiger partial charge in [-0.25, -0.2) is 4.98 Å². The Labute approximate surface area is 244 Å². The highest BCUT2D eigenvalue weighted by Crippen LogP contribution is 2.36. The summed E-state index contributed by atoms with van der Waals surface area (Å²) in [5.41, 5.74) is 3.91. The van der Waals surface area contributed by atoms with Crippen molar-refractivity contribution in [3.05, 3.63) is 78.2 Å². The fourth-order valence-electron chi connectivity index (χ4n) is 6.21. The van der Waals surface area contributed by atoms with E-state index in [1.54, 1.807) is 0 Å². The summed E-state index contributed by atoms with van der Waals surface area (Å²) in [6, 6.07) is 21.8. The zero-order valence-electron chi connectivity index (χ0n) is 22.5. The topological polar surface area (TPSA) is 62.2 Å². The Morgan fingerprint density at radius 2 is 1.67 bits per heavy atom. The molecule has 3 atom stereocenters. The zero-order valence-corrected chi connectivity index (χ0v) is 24.1. The van der Waals surface area contributed by atoms with E-state index in [0.717, 1.165) is 49.7 Å². The van der Waals surface area contributed by atoms with Crippen LogP contribution in [0.5, 0.6) is 0 Å². The van der Waals surface area contributed by atoms with E-state index >= 15 is 0 Å². The second-order valence-electron chi connectivity index (χ2n) is 11.1. The van der Waals surface area contributed by atoms with Crippen molar-refractivity contribution in [2.75, 3.05) is 26.2 Å². The standard InChI is InChI=1S/C31H39N5O.2ClH/c37-31(35-18-17-32-21-26(35)19-23-9-3-1-4-10-23)29-30(25-11-5-2-6-12-25)36(22-34-29)28-14-8-7-13-27(28)33-20-24-15-16-24;;/h1-6,9-12,22,24,26-28,32-33H,7-8,13-21H2;2*1H/t26-,27-,28+;;/m1../s1. The normalized spacial score (nSPS) is 23.0. The van der Waals surface area contributed by atoms with Gasteiger partial charge >= 0.3 is 0 Å². The average molecular weight is 571 g/mol. The molecule has 1 saturated heterocycles. The van der Waals surface area contributed by atoms with Gasteiger partial charge in [0, 0.05) is 37.3 Å². The van der Waals surface area contributed by atoms with Gasteiger partial charge in [0.1, 0.15) is 0 Å². The van der Waals surface area contributed by atoms with E-state index in [-0.39, 0.29) is 36.8 Å². The molecular weight excluding hydrogens is 529 g/mol. The molecule has 1 aliphatic heterocycles. The molecule has 6 rings (SSSR count). The summed E-state index contributed by atoms with van der Waals surface area (Å²) in [4.78, 5) is 21.1. The smallest absolute Gasteiger partial charge is 0.275 e. The maximum absolute atomic E-state index is 14.2. The lowest BCUT2D eigenvalue weighted by atomic mass is 9.89. The summed E-state index contributed by atoms with van der Waals surface area (Å²) in [5, 5.41) is 7.40. The van der Waals surface area contributed by atoms with E-state index in [1.165, 1.54) is 37.7 Å². The molecule has 39 heavy (non-hydrogen) atoms. The molecule has 0 unspecified atom stereocenters. The number of rotatable bonds is 8. The van der Waals surface area contributed by atoms with Gasteiger partial charge in [-0.05, 0) is 50.1 Å². The predicted octanol–water partition coefficient (Wildman–Crippen LogP) is 5.53. The first kappa shape index (κ1) is 29.6. The van der Waals surface area contributed by atoms with Crippen LogP contribution >= 0.6 is 24.8 Å². The molecule has 3 aliphatic rings. The molecule has 210 valence electrons. The SMILES string of the molecule is Cl.Cl.O=C(c1ncn([C@H]2CCCC[C@H]2NCC2CC2)c1-c1ccccc1)N1CCNC[C@H]1Cc1ccccc1. The summed E-state index contributed by atoms with van der Waals surface area (Å²) in [6.45, 7) is 3.43. The largest absolute Gasteiger partial charge is 0.331 e. The van der Waals surface area contributed by atoms with E-state index in [2.05, 4.69) is 68.6 Å². The van der Waals surface area contributed by atoms with E-state index in [4.69, 9.17) is 4.98 Å². The van der Waals surface area contributed by atoms with Crippen LogP contribution in [0.3, 0.4) is 0 Å². The van der Waals surface area contributed by atoms with Crippen LogP contribution in [-0.4, -0.2) is 58.6 Å². The lowest BCUT2D eigenvalue weighted by Crippen LogP contribution is -2.54. The molecule has 1 aromatic heterocycles. The monoisotopic (exact) mass is 569 g/mol. The lowest BCUT2D eigenvalue weighted by Gasteiger charge is -2.37. The number of nitrogens with one attached hydrogen (secondary N) is 2. The quantitative estimate of drug-likeness (QED) is 0.374. The van der Waals surface area contributed by atoms with Gasteiger partial charge in [-0.15, -0.1) is 24.8 Å². The van der Waals surface area contributed by atoms with Crippen LogP contribution in [-0.2, 0) is 6.42 Å². The minimum Gasteiger partial charge on any atom is -0.331 e. The van der Waals surface area contributed by atoms with Crippen molar-refractivity contribution in [3.63, 3.8) is 0 Å². The van der Waals surface area contributed by atoms with Crippen molar-refractivity contribution in [2.24, 2.45) is 5.92 Å². The van der Waals surface area contributed by atoms with Crippen molar-refractivity contribution in [1.29, 1.82) is 0 Å². The first-order valence-corrected chi connectivity index (χ1v) is 14.2. The van der Waals surface area contributed by atoms with Crippen LogP contribution in [0.1, 0.15) is 60.6 Å². The molecule has 0 radical (unpaired) electrons. The van der Waals surface area contributed by atoms with Crippen LogP contribution < -0.4 is 10.6 Å². The third kappa shape index (κ3) is 6.86. The maximum Gasteiger partial charge on any atom is 0.275 e. The summed E-state index contributed by atoms with van der Waals surface area (Å²) in [5.74, 6) is 0.906. The Bertz CT molecular complexity index is 1180. The van der Waals surface area contributed by atoms with E-state index in [9.17, 15) is 4.79 Å². The molecule has 3 fully saturated rings. The molecule has 2 N–H and O–H groups in total. The predicted molar refractivity (Wildman–Crippen MR) is 162 cm³/mol. The summed E-state index contributed by atoms with van der Waals surface area (Å²) in [7, 11) is 0. The third-order valence-corrected chi connectivity index (χ3v) is 8.42. The number of carbonyl (C=O) groups is 1. The Balaban J connectivity index is 0.00000176. The summed E-state index contributed by atoms with van der Waals surface area (Å²) in [6.07, 6.45) is 10.3. The number of aromatic nitrogens is 2. The van der Waals surface area contributed by atoms with Gasteiger partial charge in [0.15, 0.2) is 5.69 Å². The molecule has 2 heterocycles. The van der Waals surface area contributed by atoms with Gasteiger partial charge in [0.2, 0.25) is 0 Å². The molecule has 2 aromatic carbocycles. The van der Waals surface area contributed by atoms with Crippen molar-refractivity contribution in [3.8, 4) is 11.3 Å². The Kier molecular flexibility index (Phi) is 10.5. The van der Waals surface area contributed by atoms with Crippen molar-refractivity contribution < 1.29 is 4.79 Å². The van der Waals surface area contributed by atoms with Crippen LogP contribution in [0.4, 0.5) is 0 Å². The number of imidazole rings is 1. The molecule has 0 spiro atoms. The summed E-state index contributed by atoms with van der Waals surface area (Å²) >= 11 is 0. The fourth-order valence-corrected chi connectivity index (χ4v) is 6.21. The molecule has 2 saturated carbocycles. The molecular formula is C31H41Cl2N5O. The lowest BCUT2D eigenvalue weighted by molar-refractivity contribution is 0.0631. The molecule has 6 nitrogen and oxygen atoms in total. The van der Waals surface area contributed by atoms with E-state index < -0.39 is 0 Å². The first-order valence-electron chi connectivity index (χ1n) is 14.2. The molecule has 3 aromatic rings. The van der Waals surface area contributed by atoms with Gasteiger partial charge in [-0.1, -0.05) is 73.5 Å². The number of halogens is 2. The highest BCUT2D eigenvalue weighted by atomic mass is 35.5. The Morgan fingerprint density at radius 1 is 0.949 bits per heavy atom. The van der Waals surface area contributed by atoms with Gasteiger partial charge in [-0.2, -0.15) is 0 Å². The summed E-state index contributed by atoms with van der Waals surface area (Å²) < 4.78 is 2.33. The highest BCUT2D eigenvalue weighted by Gasteiger charge is 2.35. The van der Waals surface area contributed by atoms with Gasteiger partial charge in [0.25, 0.3) is 5.91 Å². The number of piperazine rings is 1.